The lowest BCUT2D eigenvalue weighted by molar-refractivity contribution is 0.0702. The third kappa shape index (κ3) is 3.25. The molecule has 1 aromatic heterocycles. The molecular weight excluding hydrogens is 295 g/mol. The van der Waals surface area contributed by atoms with Crippen LogP contribution in [0.25, 0.3) is 0 Å². The lowest BCUT2D eigenvalue weighted by Crippen LogP contribution is -1.90. The zero-order valence-corrected chi connectivity index (χ0v) is 11.4. The predicted molar refractivity (Wildman–Crippen MR) is 72.2 cm³/mol. The Morgan fingerprint density at radius 1 is 1.44 bits per heavy atom. The Balaban J connectivity index is 2.06. The van der Waals surface area contributed by atoms with Gasteiger partial charge in [0.25, 0.3) is 0 Å². The van der Waals surface area contributed by atoms with Crippen molar-refractivity contribution in [2.24, 2.45) is 0 Å². The molecule has 0 aliphatic carbocycles. The molecule has 18 heavy (non-hydrogen) atoms. The smallest absolute Gasteiger partial charge is 0.345 e. The van der Waals surface area contributed by atoms with Gasteiger partial charge < -0.3 is 5.11 Å². The van der Waals surface area contributed by atoms with Crippen molar-refractivity contribution in [3.05, 3.63) is 50.9 Å². The fraction of sp³-hybridized carbons (Fsp3) is 0.0833. The highest BCUT2D eigenvalue weighted by Gasteiger charge is 2.08. The maximum absolute atomic E-state index is 13.0. The van der Waals surface area contributed by atoms with E-state index in [0.717, 1.165) is 4.90 Å². The van der Waals surface area contributed by atoms with Gasteiger partial charge in [-0.15, -0.1) is 23.1 Å². The van der Waals surface area contributed by atoms with Crippen LogP contribution in [0.1, 0.15) is 15.2 Å². The van der Waals surface area contributed by atoms with Gasteiger partial charge in [-0.1, -0.05) is 11.6 Å². The van der Waals surface area contributed by atoms with E-state index in [4.69, 9.17) is 16.7 Å². The minimum Gasteiger partial charge on any atom is -0.477 e. The van der Waals surface area contributed by atoms with Crippen LogP contribution >= 0.6 is 34.7 Å². The van der Waals surface area contributed by atoms with Gasteiger partial charge in [-0.3, -0.25) is 0 Å². The van der Waals surface area contributed by atoms with Crippen molar-refractivity contribution < 1.29 is 14.3 Å². The highest BCUT2D eigenvalue weighted by Crippen LogP contribution is 2.30. The Morgan fingerprint density at radius 3 is 2.89 bits per heavy atom. The third-order valence-electron chi connectivity index (χ3n) is 2.19. The average Bonchev–Trinajstić information content (AvgIpc) is 2.79. The van der Waals surface area contributed by atoms with Crippen LogP contribution in [-0.4, -0.2) is 11.1 Å². The van der Waals surface area contributed by atoms with E-state index in [2.05, 4.69) is 0 Å². The molecule has 1 aromatic carbocycles. The molecule has 1 N–H and O–H groups in total. The third-order valence-corrected chi connectivity index (χ3v) is 4.65. The largest absolute Gasteiger partial charge is 0.477 e. The van der Waals surface area contributed by atoms with Gasteiger partial charge in [-0.2, -0.15) is 0 Å². The highest BCUT2D eigenvalue weighted by molar-refractivity contribution is 7.98. The fourth-order valence-electron chi connectivity index (χ4n) is 1.32. The molecule has 94 valence electrons. The number of hydrogen-bond donors (Lipinski definition) is 1. The van der Waals surface area contributed by atoms with E-state index in [1.165, 1.54) is 41.3 Å². The standard InChI is InChI=1S/C12H8ClFO2S2/c13-10-2-1-8(14)3-7(10)5-17-9-4-11(12(15)16)18-6-9/h1-4,6H,5H2,(H,15,16). The first-order valence-electron chi connectivity index (χ1n) is 4.95. The number of thioether (sulfide) groups is 1. The monoisotopic (exact) mass is 302 g/mol. The number of hydrogen-bond acceptors (Lipinski definition) is 3. The number of carbonyl (C=O) groups is 1. The molecule has 0 spiro atoms. The van der Waals surface area contributed by atoms with E-state index in [-0.39, 0.29) is 5.82 Å². The van der Waals surface area contributed by atoms with Gasteiger partial charge in [0.1, 0.15) is 10.7 Å². The summed E-state index contributed by atoms with van der Waals surface area (Å²) in [5.74, 6) is -0.756. The second-order valence-electron chi connectivity index (χ2n) is 3.48. The average molecular weight is 303 g/mol. The lowest BCUT2D eigenvalue weighted by Gasteiger charge is -2.03. The van der Waals surface area contributed by atoms with Crippen molar-refractivity contribution in [2.75, 3.05) is 0 Å². The molecule has 0 unspecified atom stereocenters. The highest BCUT2D eigenvalue weighted by atomic mass is 35.5. The molecule has 1 heterocycles. The van der Waals surface area contributed by atoms with Crippen molar-refractivity contribution in [1.29, 1.82) is 0 Å². The SMILES string of the molecule is O=C(O)c1cc(SCc2cc(F)ccc2Cl)cs1. The Morgan fingerprint density at radius 2 is 2.22 bits per heavy atom. The van der Waals surface area contributed by atoms with Crippen molar-refractivity contribution >= 4 is 40.7 Å². The number of thiophene rings is 1. The molecule has 0 atom stereocenters. The molecule has 2 aromatic rings. The zero-order valence-electron chi connectivity index (χ0n) is 9.02. The van der Waals surface area contributed by atoms with Gasteiger partial charge in [0.15, 0.2) is 0 Å². The number of halogens is 2. The molecule has 0 saturated carbocycles. The Hall–Kier alpha value is -1.04. The summed E-state index contributed by atoms with van der Waals surface area (Å²) in [7, 11) is 0. The van der Waals surface area contributed by atoms with Crippen LogP contribution in [0.3, 0.4) is 0 Å². The minimum absolute atomic E-state index is 0.294. The van der Waals surface area contributed by atoms with E-state index >= 15 is 0 Å². The quantitative estimate of drug-likeness (QED) is 0.843. The Labute approximate surface area is 116 Å². The number of aromatic carboxylic acids is 1. The summed E-state index contributed by atoms with van der Waals surface area (Å²) in [6, 6.07) is 5.82. The lowest BCUT2D eigenvalue weighted by atomic mass is 10.2. The van der Waals surface area contributed by atoms with Crippen LogP contribution in [-0.2, 0) is 5.75 Å². The minimum atomic E-state index is -0.935. The zero-order chi connectivity index (χ0) is 13.1. The summed E-state index contributed by atoms with van der Waals surface area (Å²) in [5, 5.41) is 11.1. The van der Waals surface area contributed by atoms with E-state index in [1.807, 2.05) is 0 Å². The van der Waals surface area contributed by atoms with Crippen molar-refractivity contribution in [1.82, 2.24) is 0 Å². The summed E-state index contributed by atoms with van der Waals surface area (Å²) < 4.78 is 13.0. The number of carboxylic acids is 1. The molecule has 0 saturated heterocycles. The molecule has 0 radical (unpaired) electrons. The molecular formula is C12H8ClFO2S2. The van der Waals surface area contributed by atoms with Gasteiger partial charge in [0.05, 0.1) is 0 Å². The fourth-order valence-corrected chi connectivity index (χ4v) is 3.45. The molecule has 0 fully saturated rings. The van der Waals surface area contributed by atoms with E-state index in [1.54, 1.807) is 11.4 Å². The van der Waals surface area contributed by atoms with Gasteiger partial charge in [-0.05, 0) is 29.8 Å². The van der Waals surface area contributed by atoms with E-state index in [0.29, 0.717) is 21.2 Å². The first-order valence-corrected chi connectivity index (χ1v) is 7.19. The number of benzene rings is 1. The molecule has 0 bridgehead atoms. The summed E-state index contributed by atoms with van der Waals surface area (Å²) in [6.07, 6.45) is 0. The van der Waals surface area contributed by atoms with Gasteiger partial charge >= 0.3 is 5.97 Å². The van der Waals surface area contributed by atoms with Gasteiger partial charge in [0, 0.05) is 21.1 Å². The number of carboxylic acid groups (broad SMARTS) is 1. The second kappa shape index (κ2) is 5.73. The summed E-state index contributed by atoms with van der Waals surface area (Å²) in [5.41, 5.74) is 0.699. The van der Waals surface area contributed by atoms with Gasteiger partial charge in [0.2, 0.25) is 0 Å². The van der Waals surface area contributed by atoms with Crippen LogP contribution in [0.2, 0.25) is 5.02 Å². The first kappa shape index (κ1) is 13.4. The summed E-state index contributed by atoms with van der Waals surface area (Å²) in [6.45, 7) is 0. The van der Waals surface area contributed by atoms with E-state index < -0.39 is 5.97 Å². The van der Waals surface area contributed by atoms with Crippen LogP contribution in [0.5, 0.6) is 0 Å². The Kier molecular flexibility index (Phi) is 4.27. The van der Waals surface area contributed by atoms with Crippen molar-refractivity contribution in [2.45, 2.75) is 10.6 Å². The first-order chi connectivity index (χ1) is 8.56. The summed E-state index contributed by atoms with van der Waals surface area (Å²) >= 11 is 8.55. The maximum Gasteiger partial charge on any atom is 0.345 e. The molecule has 0 aliphatic rings. The normalized spacial score (nSPS) is 10.6. The van der Waals surface area contributed by atoms with Gasteiger partial charge in [-0.25, -0.2) is 9.18 Å². The summed E-state index contributed by atoms with van der Waals surface area (Å²) in [4.78, 5) is 11.9. The molecule has 6 heteroatoms. The van der Waals surface area contributed by atoms with Crippen LogP contribution < -0.4 is 0 Å². The predicted octanol–water partition coefficient (Wildman–Crippen LogP) is 4.53. The molecule has 0 amide bonds. The van der Waals surface area contributed by atoms with Crippen LogP contribution in [0.4, 0.5) is 4.39 Å². The second-order valence-corrected chi connectivity index (χ2v) is 5.84. The molecule has 2 rings (SSSR count). The van der Waals surface area contributed by atoms with Crippen molar-refractivity contribution in [3.8, 4) is 0 Å². The molecule has 2 nitrogen and oxygen atoms in total. The topological polar surface area (TPSA) is 37.3 Å². The Bertz CT molecular complexity index is 583. The molecule has 0 aliphatic heterocycles. The maximum atomic E-state index is 13.0. The van der Waals surface area contributed by atoms with Crippen LogP contribution in [0, 0.1) is 5.82 Å². The van der Waals surface area contributed by atoms with Crippen LogP contribution in [0.15, 0.2) is 34.5 Å². The van der Waals surface area contributed by atoms with E-state index in [9.17, 15) is 9.18 Å². The van der Waals surface area contributed by atoms with Crippen molar-refractivity contribution in [3.63, 3.8) is 0 Å². The number of rotatable bonds is 4.